The van der Waals surface area contributed by atoms with Crippen molar-refractivity contribution < 1.29 is 19.1 Å². The van der Waals surface area contributed by atoms with E-state index in [2.05, 4.69) is 34.9 Å². The van der Waals surface area contributed by atoms with Crippen LogP contribution in [0, 0.1) is 0 Å². The minimum atomic E-state index is -0.446. The van der Waals surface area contributed by atoms with Gasteiger partial charge in [0.1, 0.15) is 11.2 Å². The Hall–Kier alpha value is -2.52. The van der Waals surface area contributed by atoms with Crippen molar-refractivity contribution in [1.82, 2.24) is 20.4 Å². The van der Waals surface area contributed by atoms with Crippen molar-refractivity contribution in [3.63, 3.8) is 0 Å². The monoisotopic (exact) mass is 648 g/mol. The van der Waals surface area contributed by atoms with Gasteiger partial charge in [-0.15, -0.1) is 0 Å². The molecule has 2 aromatic carbocycles. The lowest BCUT2D eigenvalue weighted by Crippen LogP contribution is -2.43. The molecule has 2 atom stereocenters. The van der Waals surface area contributed by atoms with Crippen LogP contribution in [0.1, 0.15) is 90.4 Å². The fraction of sp³-hybridized carbons (Fsp3) is 0.588. The average Bonchev–Trinajstić information content (AvgIpc) is 2.88. The normalized spacial score (nSPS) is 20.2. The molecule has 0 radical (unpaired) electrons. The Morgan fingerprint density at radius 2 is 0.977 bits per heavy atom. The molecule has 0 spiro atoms. The van der Waals surface area contributed by atoms with Crippen molar-refractivity contribution >= 4 is 35.4 Å². The number of amides is 2. The highest BCUT2D eigenvalue weighted by Crippen LogP contribution is 2.24. The number of rotatable bonds is 2. The summed E-state index contributed by atoms with van der Waals surface area (Å²) < 4.78 is 10.9. The molecule has 244 valence electrons. The van der Waals surface area contributed by atoms with Crippen molar-refractivity contribution in [3.05, 3.63) is 69.7 Å². The van der Waals surface area contributed by atoms with Crippen LogP contribution in [-0.2, 0) is 9.47 Å². The highest BCUT2D eigenvalue weighted by atomic mass is 35.5. The first-order valence-corrected chi connectivity index (χ1v) is 16.4. The van der Waals surface area contributed by atoms with Crippen LogP contribution in [0.25, 0.3) is 0 Å². The zero-order chi connectivity index (χ0) is 32.3. The van der Waals surface area contributed by atoms with Crippen LogP contribution < -0.4 is 10.6 Å². The maximum absolute atomic E-state index is 12.1. The molecule has 44 heavy (non-hydrogen) atoms. The molecule has 10 heteroatoms. The molecule has 2 aliphatic rings. The number of halogens is 2. The Labute approximate surface area is 273 Å². The third-order valence-corrected chi connectivity index (χ3v) is 7.74. The van der Waals surface area contributed by atoms with E-state index >= 15 is 0 Å². The average molecular weight is 650 g/mol. The third-order valence-electron chi connectivity index (χ3n) is 7.23. The predicted octanol–water partition coefficient (Wildman–Crippen LogP) is 8.00. The minimum Gasteiger partial charge on any atom is -0.444 e. The summed E-state index contributed by atoms with van der Waals surface area (Å²) in [7, 11) is 0. The van der Waals surface area contributed by atoms with E-state index in [0.717, 1.165) is 61.9 Å². The van der Waals surface area contributed by atoms with Crippen LogP contribution >= 0.6 is 23.2 Å². The second-order valence-electron chi connectivity index (χ2n) is 13.3. The van der Waals surface area contributed by atoms with Gasteiger partial charge in [0.05, 0.1) is 0 Å². The van der Waals surface area contributed by atoms with E-state index < -0.39 is 11.2 Å². The van der Waals surface area contributed by atoms with Gasteiger partial charge < -0.3 is 29.9 Å². The summed E-state index contributed by atoms with van der Waals surface area (Å²) in [5.41, 5.74) is 1.60. The van der Waals surface area contributed by atoms with Crippen LogP contribution in [-0.4, -0.2) is 72.5 Å². The first kappa shape index (κ1) is 36.0. The van der Waals surface area contributed by atoms with Crippen LogP contribution in [0.2, 0.25) is 10.0 Å². The van der Waals surface area contributed by atoms with Crippen LogP contribution in [0.5, 0.6) is 0 Å². The lowest BCUT2D eigenvalue weighted by Gasteiger charge is -2.31. The van der Waals surface area contributed by atoms with E-state index in [1.165, 1.54) is 11.1 Å². The van der Waals surface area contributed by atoms with Gasteiger partial charge in [-0.1, -0.05) is 47.5 Å². The molecule has 2 aliphatic heterocycles. The minimum absolute atomic E-state index is 0.223. The van der Waals surface area contributed by atoms with E-state index in [1.807, 2.05) is 65.8 Å². The third kappa shape index (κ3) is 12.8. The molecular formula is C34H50Cl2N4O4. The van der Waals surface area contributed by atoms with Gasteiger partial charge in [-0.3, -0.25) is 0 Å². The van der Waals surface area contributed by atoms with E-state index in [0.29, 0.717) is 25.2 Å². The summed E-state index contributed by atoms with van der Waals surface area (Å²) in [5.74, 6) is 0. The molecule has 4 rings (SSSR count). The molecule has 0 unspecified atom stereocenters. The molecule has 0 aromatic heterocycles. The first-order valence-electron chi connectivity index (χ1n) is 15.6. The fourth-order valence-corrected chi connectivity index (χ4v) is 5.38. The number of carbonyl (C=O) groups is 2. The number of nitrogens with one attached hydrogen (secondary N) is 2. The molecule has 2 amide bonds. The number of benzene rings is 2. The summed E-state index contributed by atoms with van der Waals surface area (Å²) in [5, 5.41) is 8.54. The molecule has 0 saturated carbocycles. The topological polar surface area (TPSA) is 83.1 Å². The Morgan fingerprint density at radius 1 is 0.636 bits per heavy atom. The van der Waals surface area contributed by atoms with Gasteiger partial charge in [0.2, 0.25) is 0 Å². The lowest BCUT2D eigenvalue weighted by atomic mass is 10.0. The van der Waals surface area contributed by atoms with Crippen LogP contribution in [0.15, 0.2) is 48.5 Å². The van der Waals surface area contributed by atoms with Crippen LogP contribution in [0.3, 0.4) is 0 Å². The quantitative estimate of drug-likeness (QED) is 0.343. The molecule has 0 aliphatic carbocycles. The van der Waals surface area contributed by atoms with Crippen LogP contribution in [0.4, 0.5) is 9.59 Å². The molecule has 2 heterocycles. The van der Waals surface area contributed by atoms with Crippen molar-refractivity contribution in [1.29, 1.82) is 0 Å². The standard InChI is InChI=1S/2C17H25ClN2O2/c2*1-17(2,3)22-16(21)20-11-4-5-15(19-10-12-20)13-6-8-14(18)9-7-13/h2*6-9,15,19H,4-5,10-12H2,1-3H3/t2*15-/m10/s1. The maximum atomic E-state index is 12.1. The summed E-state index contributed by atoms with van der Waals surface area (Å²) in [4.78, 5) is 27.8. The largest absolute Gasteiger partial charge is 0.444 e. The zero-order valence-electron chi connectivity index (χ0n) is 27.1. The van der Waals surface area contributed by atoms with E-state index in [4.69, 9.17) is 32.7 Å². The summed E-state index contributed by atoms with van der Waals surface area (Å²) in [6.45, 7) is 15.7. The number of hydrogen-bond donors (Lipinski definition) is 2. The molecule has 8 nitrogen and oxygen atoms in total. The molecular weight excluding hydrogens is 599 g/mol. The van der Waals surface area contributed by atoms with Gasteiger partial charge in [0.25, 0.3) is 0 Å². The zero-order valence-corrected chi connectivity index (χ0v) is 28.6. The number of ether oxygens (including phenoxy) is 2. The maximum Gasteiger partial charge on any atom is 0.410 e. The van der Waals surface area contributed by atoms with Crippen molar-refractivity contribution in [2.45, 2.75) is 90.5 Å². The Balaban J connectivity index is 0.000000240. The second kappa shape index (κ2) is 16.7. The van der Waals surface area contributed by atoms with Gasteiger partial charge >= 0.3 is 12.2 Å². The fourth-order valence-electron chi connectivity index (χ4n) is 5.13. The SMILES string of the molecule is CC(C)(C)OC(=O)N1CCC[C@@H](c2ccc(Cl)cc2)NCC1.CC(C)(C)OC(=O)N1CCC[C@H](c2ccc(Cl)cc2)NCC1. The molecule has 2 fully saturated rings. The number of nitrogens with zero attached hydrogens (tertiary/aromatic N) is 2. The highest BCUT2D eigenvalue weighted by Gasteiger charge is 2.25. The van der Waals surface area contributed by atoms with E-state index in [9.17, 15) is 9.59 Å². The molecule has 0 bridgehead atoms. The lowest BCUT2D eigenvalue weighted by molar-refractivity contribution is 0.0226. The number of carbonyl (C=O) groups excluding carboxylic acids is 2. The Bertz CT molecular complexity index is 1070. The summed E-state index contributed by atoms with van der Waals surface area (Å²) in [6.07, 6.45) is 3.42. The van der Waals surface area contributed by atoms with Gasteiger partial charge in [0.15, 0.2) is 0 Å². The molecule has 2 saturated heterocycles. The van der Waals surface area contributed by atoms with Crippen molar-refractivity contribution in [2.24, 2.45) is 0 Å². The van der Waals surface area contributed by atoms with Gasteiger partial charge in [-0.05, 0) is 103 Å². The summed E-state index contributed by atoms with van der Waals surface area (Å²) >= 11 is 11.9. The Morgan fingerprint density at radius 3 is 1.30 bits per heavy atom. The van der Waals surface area contributed by atoms with Crippen molar-refractivity contribution in [3.8, 4) is 0 Å². The van der Waals surface area contributed by atoms with Gasteiger partial charge in [-0.25, -0.2) is 9.59 Å². The number of hydrogen-bond acceptors (Lipinski definition) is 6. The molecule has 2 aromatic rings. The second-order valence-corrected chi connectivity index (χ2v) is 14.2. The van der Waals surface area contributed by atoms with E-state index in [-0.39, 0.29) is 12.2 Å². The predicted molar refractivity (Wildman–Crippen MR) is 178 cm³/mol. The van der Waals surface area contributed by atoms with Crippen molar-refractivity contribution in [2.75, 3.05) is 39.3 Å². The Kier molecular flexibility index (Phi) is 13.6. The molecule has 2 N–H and O–H groups in total. The van der Waals surface area contributed by atoms with E-state index in [1.54, 1.807) is 9.80 Å². The van der Waals surface area contributed by atoms with Gasteiger partial charge in [-0.2, -0.15) is 0 Å². The van der Waals surface area contributed by atoms with Gasteiger partial charge in [0, 0.05) is 61.4 Å². The smallest absolute Gasteiger partial charge is 0.410 e. The highest BCUT2D eigenvalue weighted by molar-refractivity contribution is 6.30. The summed E-state index contributed by atoms with van der Waals surface area (Å²) in [6, 6.07) is 16.6. The first-order chi connectivity index (χ1) is 20.7.